The van der Waals surface area contributed by atoms with Crippen LogP contribution >= 0.6 is 0 Å². The maximum Gasteiger partial charge on any atom is 0.224 e. The molecule has 3 heterocycles. The Balaban J connectivity index is 1.35. The predicted molar refractivity (Wildman–Crippen MR) is 96.4 cm³/mol. The summed E-state index contributed by atoms with van der Waals surface area (Å²) in [5, 5.41) is 3.45. The summed E-state index contributed by atoms with van der Waals surface area (Å²) in [7, 11) is 1.96. The van der Waals surface area contributed by atoms with Crippen LogP contribution in [0.4, 0.5) is 14.7 Å². The van der Waals surface area contributed by atoms with Gasteiger partial charge in [-0.15, -0.1) is 0 Å². The van der Waals surface area contributed by atoms with Crippen molar-refractivity contribution < 1.29 is 18.0 Å². The number of rotatable bonds is 4. The van der Waals surface area contributed by atoms with Gasteiger partial charge in [0.1, 0.15) is 0 Å². The molecule has 0 saturated carbocycles. The van der Waals surface area contributed by atoms with Gasteiger partial charge in [-0.3, -0.25) is 4.79 Å². The summed E-state index contributed by atoms with van der Waals surface area (Å²) >= 11 is 0. The van der Waals surface area contributed by atoms with Crippen LogP contribution in [0.5, 0.6) is 0 Å². The smallest absolute Gasteiger partial charge is 0.224 e. The van der Waals surface area contributed by atoms with Gasteiger partial charge >= 0.3 is 0 Å². The number of furan rings is 1. The molecule has 0 radical (unpaired) electrons. The molecule has 0 unspecified atom stereocenters. The number of aromatic nitrogens is 2. The molecule has 0 bridgehead atoms. The van der Waals surface area contributed by atoms with E-state index in [-0.39, 0.29) is 24.0 Å². The molecule has 0 aliphatic carbocycles. The second-order valence-electron chi connectivity index (χ2n) is 6.84. The van der Waals surface area contributed by atoms with Crippen molar-refractivity contribution in [2.24, 2.45) is 7.05 Å². The van der Waals surface area contributed by atoms with Crippen LogP contribution in [0, 0.1) is 11.6 Å². The summed E-state index contributed by atoms with van der Waals surface area (Å²) in [5.74, 6) is -1.22. The van der Waals surface area contributed by atoms with Crippen molar-refractivity contribution in [3.05, 3.63) is 48.0 Å². The molecule has 1 aromatic carbocycles. The number of carbonyl (C=O) groups is 1. The fraction of sp³-hybridized carbons (Fsp3) is 0.368. The van der Waals surface area contributed by atoms with E-state index in [2.05, 4.69) is 15.2 Å². The summed E-state index contributed by atoms with van der Waals surface area (Å²) in [4.78, 5) is 18.9. The Morgan fingerprint density at radius 1 is 1.33 bits per heavy atom. The number of nitrogens with zero attached hydrogens (tertiary/aromatic N) is 3. The fourth-order valence-corrected chi connectivity index (χ4v) is 3.57. The molecule has 0 atom stereocenters. The van der Waals surface area contributed by atoms with Gasteiger partial charge in [0.2, 0.25) is 17.7 Å². The zero-order chi connectivity index (χ0) is 19.0. The highest BCUT2D eigenvalue weighted by molar-refractivity contribution is 5.88. The first-order chi connectivity index (χ1) is 13.0. The summed E-state index contributed by atoms with van der Waals surface area (Å²) in [6.45, 7) is 1.63. The van der Waals surface area contributed by atoms with Gasteiger partial charge in [-0.1, -0.05) is 0 Å². The average molecular weight is 374 g/mol. The number of benzene rings is 1. The number of hydrogen-bond acceptors (Lipinski definition) is 4. The van der Waals surface area contributed by atoms with Crippen molar-refractivity contribution in [3.8, 4) is 0 Å². The van der Waals surface area contributed by atoms with E-state index in [1.807, 2.05) is 17.8 Å². The first kappa shape index (κ1) is 17.5. The molecular weight excluding hydrogens is 354 g/mol. The van der Waals surface area contributed by atoms with Gasteiger partial charge < -0.3 is 19.2 Å². The molecule has 0 spiro atoms. The zero-order valence-corrected chi connectivity index (χ0v) is 14.9. The zero-order valence-electron chi connectivity index (χ0n) is 14.9. The van der Waals surface area contributed by atoms with E-state index < -0.39 is 11.6 Å². The van der Waals surface area contributed by atoms with E-state index in [1.54, 1.807) is 6.20 Å². The predicted octanol–water partition coefficient (Wildman–Crippen LogP) is 2.77. The summed E-state index contributed by atoms with van der Waals surface area (Å²) in [6.07, 6.45) is 6.71. The van der Waals surface area contributed by atoms with E-state index in [0.29, 0.717) is 10.9 Å². The maximum atomic E-state index is 13.7. The van der Waals surface area contributed by atoms with Gasteiger partial charge in [0.25, 0.3) is 0 Å². The van der Waals surface area contributed by atoms with Crippen LogP contribution in [-0.4, -0.2) is 34.6 Å². The SMILES string of the molecule is Cn1ccnc1N1CCC(NC(=O)Cc2coc3c(F)c(F)ccc23)CC1. The molecule has 1 saturated heterocycles. The maximum absolute atomic E-state index is 13.7. The molecule has 1 aliphatic rings. The number of anilines is 1. The van der Waals surface area contributed by atoms with Gasteiger partial charge in [-0.2, -0.15) is 4.39 Å². The lowest BCUT2D eigenvalue weighted by atomic mass is 10.0. The summed E-state index contributed by atoms with van der Waals surface area (Å²) in [5.41, 5.74) is 0.396. The molecule has 3 aromatic rings. The van der Waals surface area contributed by atoms with Gasteiger partial charge in [0, 0.05) is 49.5 Å². The first-order valence-electron chi connectivity index (χ1n) is 8.88. The van der Waals surface area contributed by atoms with E-state index in [4.69, 9.17) is 4.42 Å². The third-order valence-corrected chi connectivity index (χ3v) is 5.00. The second-order valence-corrected chi connectivity index (χ2v) is 6.84. The van der Waals surface area contributed by atoms with Crippen LogP contribution in [-0.2, 0) is 18.3 Å². The van der Waals surface area contributed by atoms with Crippen LogP contribution in [0.25, 0.3) is 11.0 Å². The molecule has 8 heteroatoms. The summed E-state index contributed by atoms with van der Waals surface area (Å²) in [6, 6.07) is 2.56. The molecule has 2 aromatic heterocycles. The number of piperidine rings is 1. The van der Waals surface area contributed by atoms with Gasteiger partial charge in [0.15, 0.2) is 11.4 Å². The largest absolute Gasteiger partial charge is 0.461 e. The number of aryl methyl sites for hydroxylation is 1. The lowest BCUT2D eigenvalue weighted by Gasteiger charge is -2.33. The minimum atomic E-state index is -1.03. The van der Waals surface area contributed by atoms with Gasteiger partial charge in [0.05, 0.1) is 12.7 Å². The Bertz CT molecular complexity index is 973. The van der Waals surface area contributed by atoms with Crippen molar-refractivity contribution in [1.29, 1.82) is 0 Å². The van der Waals surface area contributed by atoms with E-state index >= 15 is 0 Å². The topological polar surface area (TPSA) is 63.3 Å². The normalized spacial score (nSPS) is 15.4. The van der Waals surface area contributed by atoms with Crippen molar-refractivity contribution in [2.45, 2.75) is 25.3 Å². The van der Waals surface area contributed by atoms with Crippen molar-refractivity contribution in [1.82, 2.24) is 14.9 Å². The summed E-state index contributed by atoms with van der Waals surface area (Å²) < 4.78 is 34.1. The lowest BCUT2D eigenvalue weighted by molar-refractivity contribution is -0.121. The van der Waals surface area contributed by atoms with Crippen LogP contribution in [0.1, 0.15) is 18.4 Å². The van der Waals surface area contributed by atoms with Crippen LogP contribution in [0.15, 0.2) is 35.2 Å². The monoisotopic (exact) mass is 374 g/mol. The molecular formula is C19H20F2N4O2. The number of halogens is 2. The lowest BCUT2D eigenvalue weighted by Crippen LogP contribution is -2.45. The minimum Gasteiger partial charge on any atom is -0.461 e. The van der Waals surface area contributed by atoms with Gasteiger partial charge in [-0.25, -0.2) is 9.37 Å². The van der Waals surface area contributed by atoms with E-state index in [9.17, 15) is 13.6 Å². The Kier molecular flexibility index (Phi) is 4.55. The number of nitrogens with one attached hydrogen (secondary N) is 1. The highest BCUT2D eigenvalue weighted by atomic mass is 19.2. The Morgan fingerprint density at radius 3 is 2.81 bits per heavy atom. The highest BCUT2D eigenvalue weighted by Crippen LogP contribution is 2.26. The van der Waals surface area contributed by atoms with Crippen LogP contribution in [0.3, 0.4) is 0 Å². The highest BCUT2D eigenvalue weighted by Gasteiger charge is 2.23. The number of imidazole rings is 1. The molecule has 1 aliphatic heterocycles. The van der Waals surface area contributed by atoms with Crippen molar-refractivity contribution in [2.75, 3.05) is 18.0 Å². The Labute approximate surface area is 154 Å². The van der Waals surface area contributed by atoms with Crippen LogP contribution in [0.2, 0.25) is 0 Å². The molecule has 1 N–H and O–H groups in total. The van der Waals surface area contributed by atoms with E-state index in [1.165, 1.54) is 12.3 Å². The average Bonchev–Trinajstić information content (AvgIpc) is 3.26. The van der Waals surface area contributed by atoms with Crippen molar-refractivity contribution in [3.63, 3.8) is 0 Å². The molecule has 27 heavy (non-hydrogen) atoms. The number of amides is 1. The number of fused-ring (bicyclic) bond motifs is 1. The third kappa shape index (κ3) is 3.39. The van der Waals surface area contributed by atoms with Gasteiger partial charge in [-0.05, 0) is 25.0 Å². The molecule has 6 nitrogen and oxygen atoms in total. The number of carbonyl (C=O) groups excluding carboxylic acids is 1. The third-order valence-electron chi connectivity index (χ3n) is 5.00. The fourth-order valence-electron chi connectivity index (χ4n) is 3.57. The minimum absolute atomic E-state index is 0.0671. The quantitative estimate of drug-likeness (QED) is 0.763. The Hall–Kier alpha value is -2.90. The molecule has 142 valence electrons. The molecule has 1 amide bonds. The Morgan fingerprint density at radius 2 is 2.11 bits per heavy atom. The molecule has 1 fully saturated rings. The number of hydrogen-bond donors (Lipinski definition) is 1. The second kappa shape index (κ2) is 7.02. The van der Waals surface area contributed by atoms with Crippen molar-refractivity contribution >= 4 is 22.8 Å². The van der Waals surface area contributed by atoms with Crippen LogP contribution < -0.4 is 10.2 Å². The first-order valence-corrected chi connectivity index (χ1v) is 8.88. The van der Waals surface area contributed by atoms with E-state index in [0.717, 1.165) is 37.9 Å². The molecule has 4 rings (SSSR count). The standard InChI is InChI=1S/C19H20F2N4O2/c1-24-9-6-22-19(24)25-7-4-13(5-8-25)23-16(26)10-12-11-27-18-14(12)2-3-15(20)17(18)21/h2-3,6,9,11,13H,4-5,7-8,10H2,1H3,(H,23,26).